The molecule has 2 aromatic rings. The van der Waals surface area contributed by atoms with Crippen LogP contribution < -0.4 is 4.72 Å². The fourth-order valence-electron chi connectivity index (χ4n) is 1.96. The maximum absolute atomic E-state index is 12.1. The Kier molecular flexibility index (Phi) is 4.25. The molecule has 0 aliphatic carbocycles. The lowest BCUT2D eigenvalue weighted by Crippen LogP contribution is -2.43. The van der Waals surface area contributed by atoms with E-state index in [4.69, 9.17) is 0 Å². The Morgan fingerprint density at radius 2 is 1.90 bits per heavy atom. The molecule has 0 radical (unpaired) electrons. The number of nitrogens with one attached hydrogen (secondary N) is 2. The topological polar surface area (TPSA) is 74.8 Å². The van der Waals surface area contributed by atoms with Crippen LogP contribution in [0.15, 0.2) is 47.6 Å². The number of rotatable bonds is 6. The van der Waals surface area contributed by atoms with Crippen LogP contribution in [0.1, 0.15) is 25.8 Å². The first-order valence-corrected chi connectivity index (χ1v) is 7.95. The molecule has 0 saturated heterocycles. The molecule has 108 valence electrons. The standard InChI is InChI=1S/C14H19N3O2S/c1-14(2,10-8-12-6-4-3-5-7-12)17-20(18,19)13-9-11-15-16-13/h3-7,9,11,17H,8,10H2,1-2H3,(H,15,16). The highest BCUT2D eigenvalue weighted by atomic mass is 32.2. The van der Waals surface area contributed by atoms with Gasteiger partial charge >= 0.3 is 0 Å². The Balaban J connectivity index is 2.01. The van der Waals surface area contributed by atoms with Crippen LogP contribution in [0.2, 0.25) is 0 Å². The van der Waals surface area contributed by atoms with Gasteiger partial charge in [-0.25, -0.2) is 13.1 Å². The maximum atomic E-state index is 12.1. The van der Waals surface area contributed by atoms with Gasteiger partial charge < -0.3 is 0 Å². The summed E-state index contributed by atoms with van der Waals surface area (Å²) in [6.07, 6.45) is 2.95. The smallest absolute Gasteiger partial charge is 0.257 e. The molecule has 0 aliphatic rings. The summed E-state index contributed by atoms with van der Waals surface area (Å²) in [5, 5.41) is 6.23. The van der Waals surface area contributed by atoms with Gasteiger partial charge in [0.2, 0.25) is 0 Å². The molecule has 1 heterocycles. The van der Waals surface area contributed by atoms with Gasteiger partial charge in [0, 0.05) is 5.54 Å². The van der Waals surface area contributed by atoms with Crippen molar-refractivity contribution in [3.05, 3.63) is 48.2 Å². The second-order valence-electron chi connectivity index (χ2n) is 5.40. The van der Waals surface area contributed by atoms with E-state index in [-0.39, 0.29) is 5.03 Å². The number of sulfonamides is 1. The number of H-pyrrole nitrogens is 1. The summed E-state index contributed by atoms with van der Waals surface area (Å²) >= 11 is 0. The van der Waals surface area contributed by atoms with Gasteiger partial charge in [-0.15, -0.1) is 0 Å². The van der Waals surface area contributed by atoms with Gasteiger partial charge in [-0.1, -0.05) is 30.3 Å². The monoisotopic (exact) mass is 293 g/mol. The zero-order valence-corrected chi connectivity index (χ0v) is 12.4. The van der Waals surface area contributed by atoms with Crippen molar-refractivity contribution >= 4 is 10.0 Å². The van der Waals surface area contributed by atoms with Crippen LogP contribution >= 0.6 is 0 Å². The van der Waals surface area contributed by atoms with Crippen LogP contribution in [0.25, 0.3) is 0 Å². The molecule has 1 aromatic heterocycles. The molecule has 2 N–H and O–H groups in total. The van der Waals surface area contributed by atoms with Crippen LogP contribution in [-0.4, -0.2) is 24.2 Å². The van der Waals surface area contributed by atoms with Crippen LogP contribution in [0, 0.1) is 0 Å². The van der Waals surface area contributed by atoms with E-state index in [1.807, 2.05) is 44.2 Å². The van der Waals surface area contributed by atoms with Gasteiger partial charge in [-0.2, -0.15) is 5.10 Å². The summed E-state index contributed by atoms with van der Waals surface area (Å²) in [7, 11) is -3.55. The lowest BCUT2D eigenvalue weighted by Gasteiger charge is -2.25. The van der Waals surface area contributed by atoms with Crippen LogP contribution in [0.3, 0.4) is 0 Å². The number of aromatic amines is 1. The highest BCUT2D eigenvalue weighted by molar-refractivity contribution is 7.89. The fraction of sp³-hybridized carbons (Fsp3) is 0.357. The lowest BCUT2D eigenvalue weighted by molar-refractivity contribution is 0.421. The van der Waals surface area contributed by atoms with E-state index in [1.165, 1.54) is 17.8 Å². The zero-order valence-electron chi connectivity index (χ0n) is 11.6. The minimum absolute atomic E-state index is 0.0882. The number of hydrogen-bond donors (Lipinski definition) is 2. The van der Waals surface area contributed by atoms with Gasteiger partial charge in [0.25, 0.3) is 10.0 Å². The quantitative estimate of drug-likeness (QED) is 0.856. The van der Waals surface area contributed by atoms with Crippen molar-refractivity contribution in [2.75, 3.05) is 0 Å². The van der Waals surface area contributed by atoms with Crippen molar-refractivity contribution in [1.29, 1.82) is 0 Å². The zero-order chi connectivity index (χ0) is 14.6. The molecule has 0 atom stereocenters. The number of hydrogen-bond acceptors (Lipinski definition) is 3. The molecule has 6 heteroatoms. The van der Waals surface area contributed by atoms with Crippen molar-refractivity contribution < 1.29 is 8.42 Å². The molecule has 2 rings (SSSR count). The predicted octanol–water partition coefficient (Wildman–Crippen LogP) is 2.10. The Morgan fingerprint density at radius 1 is 1.20 bits per heavy atom. The third kappa shape index (κ3) is 3.91. The van der Waals surface area contributed by atoms with Crippen molar-refractivity contribution in [3.63, 3.8) is 0 Å². The first-order chi connectivity index (χ1) is 9.39. The van der Waals surface area contributed by atoms with E-state index < -0.39 is 15.6 Å². The second-order valence-corrected chi connectivity index (χ2v) is 7.05. The Labute approximate surface area is 119 Å². The SMILES string of the molecule is CC(C)(CCc1ccccc1)NS(=O)(=O)c1ccn[nH]1. The minimum atomic E-state index is -3.55. The second kappa shape index (κ2) is 5.76. The molecular weight excluding hydrogens is 274 g/mol. The Morgan fingerprint density at radius 3 is 2.50 bits per heavy atom. The summed E-state index contributed by atoms with van der Waals surface area (Å²) in [4.78, 5) is 0. The van der Waals surface area contributed by atoms with Crippen LogP contribution in [0.5, 0.6) is 0 Å². The Hall–Kier alpha value is -1.66. The maximum Gasteiger partial charge on any atom is 0.257 e. The lowest BCUT2D eigenvalue weighted by atomic mass is 9.97. The molecule has 0 amide bonds. The van der Waals surface area contributed by atoms with Crippen molar-refractivity contribution in [2.45, 2.75) is 37.3 Å². The minimum Gasteiger partial charge on any atom is -0.266 e. The molecule has 0 aliphatic heterocycles. The molecule has 0 saturated carbocycles. The summed E-state index contributed by atoms with van der Waals surface area (Å²) in [5.74, 6) is 0. The number of aryl methyl sites for hydroxylation is 1. The highest BCUT2D eigenvalue weighted by Crippen LogP contribution is 2.17. The fourth-order valence-corrected chi connectivity index (χ4v) is 3.32. The van der Waals surface area contributed by atoms with E-state index in [0.29, 0.717) is 6.42 Å². The highest BCUT2D eigenvalue weighted by Gasteiger charge is 2.26. The summed E-state index contributed by atoms with van der Waals surface area (Å²) in [6.45, 7) is 3.76. The molecule has 20 heavy (non-hydrogen) atoms. The third-order valence-corrected chi connectivity index (χ3v) is 4.68. The van der Waals surface area contributed by atoms with E-state index in [2.05, 4.69) is 14.9 Å². The molecular formula is C14H19N3O2S. The van der Waals surface area contributed by atoms with Gasteiger partial charge in [0.1, 0.15) is 0 Å². The normalized spacial score (nSPS) is 12.5. The van der Waals surface area contributed by atoms with E-state index in [1.54, 1.807) is 0 Å². The number of nitrogens with zero attached hydrogens (tertiary/aromatic N) is 1. The van der Waals surface area contributed by atoms with Gasteiger partial charge in [-0.05, 0) is 38.3 Å². The predicted molar refractivity (Wildman–Crippen MR) is 77.8 cm³/mol. The molecule has 0 fully saturated rings. The van der Waals surface area contributed by atoms with Gasteiger partial charge in [0.05, 0.1) is 6.20 Å². The molecule has 1 aromatic carbocycles. The number of benzene rings is 1. The molecule has 0 bridgehead atoms. The van der Waals surface area contributed by atoms with Gasteiger partial charge in [-0.3, -0.25) is 5.10 Å². The van der Waals surface area contributed by atoms with Crippen LogP contribution in [0.4, 0.5) is 0 Å². The van der Waals surface area contributed by atoms with Crippen molar-refractivity contribution in [2.24, 2.45) is 0 Å². The van der Waals surface area contributed by atoms with E-state index >= 15 is 0 Å². The van der Waals surface area contributed by atoms with Crippen molar-refractivity contribution in [3.8, 4) is 0 Å². The first-order valence-electron chi connectivity index (χ1n) is 6.46. The average molecular weight is 293 g/mol. The summed E-state index contributed by atoms with van der Waals surface area (Å²) < 4.78 is 27.0. The molecule has 0 spiro atoms. The van der Waals surface area contributed by atoms with E-state index in [0.717, 1.165) is 6.42 Å². The first kappa shape index (κ1) is 14.7. The summed E-state index contributed by atoms with van der Waals surface area (Å²) in [5.41, 5.74) is 0.668. The van der Waals surface area contributed by atoms with Crippen molar-refractivity contribution in [1.82, 2.24) is 14.9 Å². The van der Waals surface area contributed by atoms with Gasteiger partial charge in [0.15, 0.2) is 5.03 Å². The third-order valence-electron chi connectivity index (χ3n) is 3.06. The van der Waals surface area contributed by atoms with E-state index in [9.17, 15) is 8.42 Å². The average Bonchev–Trinajstić information content (AvgIpc) is 2.91. The largest absolute Gasteiger partial charge is 0.266 e. The summed E-state index contributed by atoms with van der Waals surface area (Å²) in [6, 6.07) is 11.5. The van der Waals surface area contributed by atoms with Crippen LogP contribution in [-0.2, 0) is 16.4 Å². The Bertz CT molecular complexity index is 634. The molecule has 5 nitrogen and oxygen atoms in total. The number of aromatic nitrogens is 2. The molecule has 0 unspecified atom stereocenters.